The smallest absolute Gasteiger partial charge is 0.244 e. The number of anilines is 1. The van der Waals surface area contributed by atoms with Gasteiger partial charge in [0.1, 0.15) is 4.90 Å². The molecule has 96 valence electrons. The minimum atomic E-state index is -3.46. The molecule has 5 nitrogen and oxygen atoms in total. The van der Waals surface area contributed by atoms with Crippen molar-refractivity contribution in [1.29, 1.82) is 0 Å². The Balaban J connectivity index is 3.00. The van der Waals surface area contributed by atoms with Gasteiger partial charge in [0.25, 0.3) is 0 Å². The van der Waals surface area contributed by atoms with Gasteiger partial charge >= 0.3 is 0 Å². The van der Waals surface area contributed by atoms with Gasteiger partial charge in [0.2, 0.25) is 10.0 Å². The van der Waals surface area contributed by atoms with Crippen LogP contribution in [0.15, 0.2) is 23.4 Å². The summed E-state index contributed by atoms with van der Waals surface area (Å²) in [6.45, 7) is 4.84. The maximum atomic E-state index is 12.3. The van der Waals surface area contributed by atoms with Crippen LogP contribution < -0.4 is 5.73 Å². The molecule has 0 atom stereocenters. The van der Waals surface area contributed by atoms with Gasteiger partial charge in [0.15, 0.2) is 0 Å². The molecule has 1 aromatic heterocycles. The van der Waals surface area contributed by atoms with E-state index in [0.29, 0.717) is 18.8 Å². The molecule has 0 unspecified atom stereocenters. The molecule has 0 spiro atoms. The van der Waals surface area contributed by atoms with Gasteiger partial charge in [-0.15, -0.1) is 0 Å². The Labute approximate surface area is 103 Å². The molecule has 6 heteroatoms. The number of unbranched alkanes of at least 4 members (excludes halogenated alkanes) is 1. The number of hydrogen-bond acceptors (Lipinski definition) is 4. The SMILES string of the molecule is CCCCN(CC)S(=O)(=O)c1cncc(N)c1. The summed E-state index contributed by atoms with van der Waals surface area (Å²) < 4.78 is 26.0. The Morgan fingerprint density at radius 1 is 1.35 bits per heavy atom. The van der Waals surface area contributed by atoms with Gasteiger partial charge in [-0.05, 0) is 12.5 Å². The average Bonchev–Trinajstić information content (AvgIpc) is 2.30. The van der Waals surface area contributed by atoms with Crippen molar-refractivity contribution in [2.75, 3.05) is 18.8 Å². The molecule has 0 aromatic carbocycles. The fraction of sp³-hybridized carbons (Fsp3) is 0.545. The molecule has 0 aliphatic rings. The third-order valence-electron chi connectivity index (χ3n) is 2.49. The molecule has 0 radical (unpaired) electrons. The lowest BCUT2D eigenvalue weighted by molar-refractivity contribution is 0.418. The molecule has 2 N–H and O–H groups in total. The zero-order valence-corrected chi connectivity index (χ0v) is 11.1. The van der Waals surface area contributed by atoms with Crippen molar-refractivity contribution in [3.63, 3.8) is 0 Å². The number of aromatic nitrogens is 1. The molecule has 1 rings (SSSR count). The third-order valence-corrected chi connectivity index (χ3v) is 4.43. The fourth-order valence-corrected chi connectivity index (χ4v) is 3.00. The summed E-state index contributed by atoms with van der Waals surface area (Å²) in [5.41, 5.74) is 5.91. The maximum Gasteiger partial charge on any atom is 0.244 e. The average molecular weight is 257 g/mol. The highest BCUT2D eigenvalue weighted by molar-refractivity contribution is 7.89. The molecular weight excluding hydrogens is 238 g/mol. The van der Waals surface area contributed by atoms with E-state index >= 15 is 0 Å². The van der Waals surface area contributed by atoms with E-state index in [0.717, 1.165) is 12.8 Å². The Hall–Kier alpha value is -1.14. The summed E-state index contributed by atoms with van der Waals surface area (Å²) >= 11 is 0. The Morgan fingerprint density at radius 2 is 2.06 bits per heavy atom. The highest BCUT2D eigenvalue weighted by atomic mass is 32.2. The molecule has 1 aromatic rings. The number of sulfonamides is 1. The predicted molar refractivity (Wildman–Crippen MR) is 68.0 cm³/mol. The first-order valence-electron chi connectivity index (χ1n) is 5.73. The highest BCUT2D eigenvalue weighted by Crippen LogP contribution is 2.17. The molecule has 0 saturated carbocycles. The van der Waals surface area contributed by atoms with Crippen molar-refractivity contribution < 1.29 is 8.42 Å². The van der Waals surface area contributed by atoms with Gasteiger partial charge in [-0.1, -0.05) is 20.3 Å². The number of pyridine rings is 1. The second-order valence-corrected chi connectivity index (χ2v) is 5.74. The highest BCUT2D eigenvalue weighted by Gasteiger charge is 2.22. The molecule has 0 bridgehead atoms. The van der Waals surface area contributed by atoms with Gasteiger partial charge in [-0.2, -0.15) is 4.31 Å². The lowest BCUT2D eigenvalue weighted by Crippen LogP contribution is -2.32. The summed E-state index contributed by atoms with van der Waals surface area (Å²) in [6, 6.07) is 1.44. The van der Waals surface area contributed by atoms with Crippen molar-refractivity contribution in [1.82, 2.24) is 9.29 Å². The van der Waals surface area contributed by atoms with Crippen LogP contribution in [0.3, 0.4) is 0 Å². The maximum absolute atomic E-state index is 12.3. The van der Waals surface area contributed by atoms with Crippen LogP contribution in [0.25, 0.3) is 0 Å². The van der Waals surface area contributed by atoms with Crippen molar-refractivity contribution in [2.24, 2.45) is 0 Å². The first-order chi connectivity index (χ1) is 8.02. The summed E-state index contributed by atoms with van der Waals surface area (Å²) in [5.74, 6) is 0. The molecule has 0 aliphatic heterocycles. The summed E-state index contributed by atoms with van der Waals surface area (Å²) in [4.78, 5) is 3.98. The number of nitrogens with zero attached hydrogens (tertiary/aromatic N) is 2. The van der Waals surface area contributed by atoms with E-state index in [2.05, 4.69) is 4.98 Å². The van der Waals surface area contributed by atoms with Crippen LogP contribution in [-0.2, 0) is 10.0 Å². The van der Waals surface area contributed by atoms with Gasteiger partial charge in [0, 0.05) is 25.5 Å². The fourth-order valence-electron chi connectivity index (χ4n) is 1.51. The van der Waals surface area contributed by atoms with Crippen molar-refractivity contribution in [3.05, 3.63) is 18.5 Å². The first kappa shape index (κ1) is 13.9. The molecule has 0 amide bonds. The van der Waals surface area contributed by atoms with Crippen LogP contribution in [0.2, 0.25) is 0 Å². The van der Waals surface area contributed by atoms with E-state index in [1.54, 1.807) is 0 Å². The molecular formula is C11H19N3O2S. The van der Waals surface area contributed by atoms with E-state index in [1.807, 2.05) is 13.8 Å². The largest absolute Gasteiger partial charge is 0.397 e. The number of rotatable bonds is 6. The van der Waals surface area contributed by atoms with Crippen molar-refractivity contribution >= 4 is 15.7 Å². The second kappa shape index (κ2) is 5.97. The summed E-state index contributed by atoms with van der Waals surface area (Å²) in [6.07, 6.45) is 4.58. The standard InChI is InChI=1S/C11H19N3O2S/c1-3-5-6-14(4-2)17(15,16)11-7-10(12)8-13-9-11/h7-9H,3-6,12H2,1-2H3. The van der Waals surface area contributed by atoms with E-state index < -0.39 is 10.0 Å². The Bertz CT molecular complexity index is 460. The third kappa shape index (κ3) is 3.41. The van der Waals surface area contributed by atoms with Gasteiger partial charge < -0.3 is 5.73 Å². The van der Waals surface area contributed by atoms with Crippen molar-refractivity contribution in [3.8, 4) is 0 Å². The first-order valence-corrected chi connectivity index (χ1v) is 7.17. The van der Waals surface area contributed by atoms with E-state index in [9.17, 15) is 8.42 Å². The lowest BCUT2D eigenvalue weighted by Gasteiger charge is -2.20. The second-order valence-electron chi connectivity index (χ2n) is 3.80. The Morgan fingerprint density at radius 3 is 2.59 bits per heavy atom. The lowest BCUT2D eigenvalue weighted by atomic mass is 10.3. The molecule has 0 saturated heterocycles. The van der Waals surface area contributed by atoms with E-state index in [1.165, 1.54) is 22.8 Å². The van der Waals surface area contributed by atoms with Gasteiger partial charge in [-0.3, -0.25) is 4.98 Å². The normalized spacial score (nSPS) is 11.9. The quantitative estimate of drug-likeness (QED) is 0.837. The minimum Gasteiger partial charge on any atom is -0.397 e. The molecule has 17 heavy (non-hydrogen) atoms. The summed E-state index contributed by atoms with van der Waals surface area (Å²) in [5, 5.41) is 0. The molecule has 0 aliphatic carbocycles. The van der Waals surface area contributed by atoms with Crippen LogP contribution in [0.1, 0.15) is 26.7 Å². The minimum absolute atomic E-state index is 0.162. The Kier molecular flexibility index (Phi) is 4.89. The number of nitrogens with two attached hydrogens (primary N) is 1. The van der Waals surface area contributed by atoms with Crippen LogP contribution in [0.4, 0.5) is 5.69 Å². The summed E-state index contributed by atoms with van der Waals surface area (Å²) in [7, 11) is -3.46. The zero-order chi connectivity index (χ0) is 12.9. The predicted octanol–water partition coefficient (Wildman–Crippen LogP) is 1.47. The number of hydrogen-bond donors (Lipinski definition) is 1. The van der Waals surface area contributed by atoms with Crippen LogP contribution in [-0.4, -0.2) is 30.8 Å². The number of nitrogen functional groups attached to an aromatic ring is 1. The monoisotopic (exact) mass is 257 g/mol. The molecule has 0 fully saturated rings. The van der Waals surface area contributed by atoms with Crippen LogP contribution >= 0.6 is 0 Å². The van der Waals surface area contributed by atoms with Crippen LogP contribution in [0.5, 0.6) is 0 Å². The van der Waals surface area contributed by atoms with E-state index in [4.69, 9.17) is 5.73 Å². The van der Waals surface area contributed by atoms with Gasteiger partial charge in [0.05, 0.1) is 5.69 Å². The molecule has 1 heterocycles. The zero-order valence-electron chi connectivity index (χ0n) is 10.3. The van der Waals surface area contributed by atoms with Gasteiger partial charge in [-0.25, -0.2) is 8.42 Å². The topological polar surface area (TPSA) is 76.3 Å². The van der Waals surface area contributed by atoms with Crippen molar-refractivity contribution in [2.45, 2.75) is 31.6 Å². The van der Waals surface area contributed by atoms with Crippen LogP contribution in [0, 0.1) is 0 Å². The van der Waals surface area contributed by atoms with E-state index in [-0.39, 0.29) is 4.90 Å².